The molecule has 2 aromatic rings. The summed E-state index contributed by atoms with van der Waals surface area (Å²) in [6.07, 6.45) is 2.66. The lowest BCUT2D eigenvalue weighted by molar-refractivity contribution is -0.115. The number of rotatable bonds is 7. The van der Waals surface area contributed by atoms with E-state index in [-0.39, 0.29) is 23.0 Å². The molecule has 0 atom stereocenters. The Bertz CT molecular complexity index is 1050. The molecule has 0 radical (unpaired) electrons. The third-order valence-corrected chi connectivity index (χ3v) is 7.15. The van der Waals surface area contributed by atoms with Crippen LogP contribution in [0.3, 0.4) is 0 Å². The smallest absolute Gasteiger partial charge is 0.243 e. The molecular formula is C22H28FN3O4S. The van der Waals surface area contributed by atoms with Crippen LogP contribution in [0.15, 0.2) is 41.3 Å². The number of carbonyl (C=O) groups excluding carboxylic acids is 1. The fourth-order valence-electron chi connectivity index (χ4n) is 3.62. The summed E-state index contributed by atoms with van der Waals surface area (Å²) in [6, 6.07) is 9.07. The summed E-state index contributed by atoms with van der Waals surface area (Å²) in [5, 5.41) is 2.79. The second-order valence-electron chi connectivity index (χ2n) is 7.73. The van der Waals surface area contributed by atoms with Crippen LogP contribution in [0.5, 0.6) is 5.75 Å². The van der Waals surface area contributed by atoms with Crippen LogP contribution in [-0.2, 0) is 21.2 Å². The average molecular weight is 450 g/mol. The number of nitrogens with zero attached hydrogens (tertiary/aromatic N) is 2. The first-order valence-electron chi connectivity index (χ1n) is 10.2. The molecule has 0 aliphatic carbocycles. The maximum atomic E-state index is 13.9. The Kier molecular flexibility index (Phi) is 7.17. The predicted octanol–water partition coefficient (Wildman–Crippen LogP) is 3.26. The number of ether oxygens (including phenoxy) is 1. The minimum absolute atomic E-state index is 0.0586. The minimum atomic E-state index is -3.63. The van der Waals surface area contributed by atoms with Gasteiger partial charge in [-0.25, -0.2) is 12.8 Å². The molecular weight excluding hydrogens is 421 g/mol. The van der Waals surface area contributed by atoms with Crippen LogP contribution in [0.25, 0.3) is 0 Å². The van der Waals surface area contributed by atoms with Crippen molar-refractivity contribution >= 4 is 27.3 Å². The number of hydrogen-bond acceptors (Lipinski definition) is 5. The molecule has 3 rings (SSSR count). The van der Waals surface area contributed by atoms with Gasteiger partial charge < -0.3 is 15.0 Å². The molecule has 0 spiro atoms. The minimum Gasteiger partial charge on any atom is -0.494 e. The summed E-state index contributed by atoms with van der Waals surface area (Å²) in [5.74, 6) is -0.814. The summed E-state index contributed by atoms with van der Waals surface area (Å²) >= 11 is 0. The maximum absolute atomic E-state index is 13.9. The van der Waals surface area contributed by atoms with Crippen molar-refractivity contribution in [3.8, 4) is 5.75 Å². The standard InChI is InChI=1S/C22H28FN3O4S/c1-25(2)20-9-8-17(31(28,29)26-11-5-4-6-12-26)15-19(20)24-22(27)14-16-7-10-21(30-3)18(23)13-16/h7-10,13,15H,4-6,11-12,14H2,1-3H3,(H,24,27). The molecule has 0 saturated carbocycles. The molecule has 1 fully saturated rings. The quantitative estimate of drug-likeness (QED) is 0.702. The number of methoxy groups -OCH3 is 1. The number of benzene rings is 2. The maximum Gasteiger partial charge on any atom is 0.243 e. The zero-order valence-corrected chi connectivity index (χ0v) is 18.8. The third kappa shape index (κ3) is 5.34. The molecule has 31 heavy (non-hydrogen) atoms. The molecule has 0 bridgehead atoms. The zero-order valence-electron chi connectivity index (χ0n) is 18.0. The van der Waals surface area contributed by atoms with E-state index in [4.69, 9.17) is 4.74 Å². The number of halogens is 1. The lowest BCUT2D eigenvalue weighted by Gasteiger charge is -2.26. The Morgan fingerprint density at radius 2 is 1.84 bits per heavy atom. The van der Waals surface area contributed by atoms with Crippen LogP contribution < -0.4 is 15.0 Å². The van der Waals surface area contributed by atoms with Gasteiger partial charge in [-0.1, -0.05) is 12.5 Å². The van der Waals surface area contributed by atoms with Gasteiger partial charge in [0.05, 0.1) is 29.8 Å². The highest BCUT2D eigenvalue weighted by atomic mass is 32.2. The fourth-order valence-corrected chi connectivity index (χ4v) is 5.16. The Balaban J connectivity index is 1.84. The fraction of sp³-hybridized carbons (Fsp3) is 0.409. The van der Waals surface area contributed by atoms with Gasteiger partial charge in [0.25, 0.3) is 0 Å². The monoisotopic (exact) mass is 449 g/mol. The van der Waals surface area contributed by atoms with E-state index in [0.717, 1.165) is 19.3 Å². The topological polar surface area (TPSA) is 78.9 Å². The lowest BCUT2D eigenvalue weighted by Crippen LogP contribution is -2.35. The summed E-state index contributed by atoms with van der Waals surface area (Å²) < 4.78 is 46.4. The number of anilines is 2. The molecule has 7 nitrogen and oxygen atoms in total. The second kappa shape index (κ2) is 9.65. The Labute approximate surface area is 182 Å². The van der Waals surface area contributed by atoms with Gasteiger partial charge in [0, 0.05) is 27.2 Å². The van der Waals surface area contributed by atoms with E-state index in [1.807, 2.05) is 14.1 Å². The van der Waals surface area contributed by atoms with Crippen molar-refractivity contribution in [1.29, 1.82) is 0 Å². The highest BCUT2D eigenvalue weighted by Crippen LogP contribution is 2.30. The van der Waals surface area contributed by atoms with E-state index in [0.29, 0.717) is 30.0 Å². The van der Waals surface area contributed by atoms with Crippen LogP contribution in [0.4, 0.5) is 15.8 Å². The van der Waals surface area contributed by atoms with E-state index in [1.54, 1.807) is 23.1 Å². The van der Waals surface area contributed by atoms with E-state index in [1.165, 1.54) is 29.6 Å². The molecule has 0 aromatic heterocycles. The molecule has 0 unspecified atom stereocenters. The van der Waals surface area contributed by atoms with Gasteiger partial charge in [-0.2, -0.15) is 4.31 Å². The number of carbonyl (C=O) groups is 1. The van der Waals surface area contributed by atoms with Gasteiger partial charge in [0.15, 0.2) is 11.6 Å². The molecule has 1 N–H and O–H groups in total. The van der Waals surface area contributed by atoms with Crippen LogP contribution in [-0.4, -0.2) is 52.9 Å². The van der Waals surface area contributed by atoms with E-state index >= 15 is 0 Å². The largest absolute Gasteiger partial charge is 0.494 e. The summed E-state index contributed by atoms with van der Waals surface area (Å²) in [6.45, 7) is 1.00. The number of amides is 1. The first-order chi connectivity index (χ1) is 14.7. The molecule has 1 aliphatic rings. The summed E-state index contributed by atoms with van der Waals surface area (Å²) in [5.41, 5.74) is 1.55. The lowest BCUT2D eigenvalue weighted by atomic mass is 10.1. The second-order valence-corrected chi connectivity index (χ2v) is 9.67. The van der Waals surface area contributed by atoms with Crippen molar-refractivity contribution in [1.82, 2.24) is 4.31 Å². The Morgan fingerprint density at radius 3 is 2.45 bits per heavy atom. The van der Waals surface area contributed by atoms with Crippen LogP contribution in [0.2, 0.25) is 0 Å². The molecule has 168 valence electrons. The van der Waals surface area contributed by atoms with Crippen molar-refractivity contribution in [3.63, 3.8) is 0 Å². The van der Waals surface area contributed by atoms with Gasteiger partial charge in [-0.15, -0.1) is 0 Å². The normalized spacial score (nSPS) is 14.8. The summed E-state index contributed by atoms with van der Waals surface area (Å²) in [4.78, 5) is 14.6. The van der Waals surface area contributed by atoms with Crippen molar-refractivity contribution in [3.05, 3.63) is 47.8 Å². The van der Waals surface area contributed by atoms with Gasteiger partial charge in [0.1, 0.15) is 0 Å². The van der Waals surface area contributed by atoms with E-state index in [9.17, 15) is 17.6 Å². The molecule has 1 amide bonds. The first-order valence-corrected chi connectivity index (χ1v) is 11.6. The number of hydrogen-bond donors (Lipinski definition) is 1. The third-order valence-electron chi connectivity index (χ3n) is 5.26. The SMILES string of the molecule is COc1ccc(CC(=O)Nc2cc(S(=O)(=O)N3CCCCC3)ccc2N(C)C)cc1F. The van der Waals surface area contributed by atoms with Crippen LogP contribution in [0.1, 0.15) is 24.8 Å². The number of sulfonamides is 1. The van der Waals surface area contributed by atoms with Gasteiger partial charge in [-0.3, -0.25) is 4.79 Å². The molecule has 9 heteroatoms. The molecule has 1 heterocycles. The molecule has 1 aliphatic heterocycles. The first kappa shape index (κ1) is 23.0. The summed E-state index contributed by atoms with van der Waals surface area (Å²) in [7, 11) is 1.35. The molecule has 1 saturated heterocycles. The van der Waals surface area contributed by atoms with Crippen molar-refractivity contribution in [2.45, 2.75) is 30.6 Å². The van der Waals surface area contributed by atoms with Gasteiger partial charge in [-0.05, 0) is 48.7 Å². The van der Waals surface area contributed by atoms with Gasteiger partial charge >= 0.3 is 0 Å². The Morgan fingerprint density at radius 1 is 1.13 bits per heavy atom. The average Bonchev–Trinajstić information content (AvgIpc) is 2.74. The van der Waals surface area contributed by atoms with Crippen LogP contribution >= 0.6 is 0 Å². The number of piperidine rings is 1. The number of nitrogens with one attached hydrogen (secondary N) is 1. The van der Waals surface area contributed by atoms with E-state index in [2.05, 4.69) is 5.32 Å². The zero-order chi connectivity index (χ0) is 22.6. The predicted molar refractivity (Wildman–Crippen MR) is 119 cm³/mol. The highest BCUT2D eigenvalue weighted by Gasteiger charge is 2.27. The molecule has 2 aromatic carbocycles. The Hall–Kier alpha value is -2.65. The van der Waals surface area contributed by atoms with Gasteiger partial charge in [0.2, 0.25) is 15.9 Å². The van der Waals surface area contributed by atoms with Crippen molar-refractivity contribution in [2.24, 2.45) is 0 Å². The van der Waals surface area contributed by atoms with Crippen molar-refractivity contribution in [2.75, 3.05) is 44.5 Å². The van der Waals surface area contributed by atoms with Crippen molar-refractivity contribution < 1.29 is 22.3 Å². The van der Waals surface area contributed by atoms with Crippen LogP contribution in [0, 0.1) is 5.82 Å². The van der Waals surface area contributed by atoms with E-state index < -0.39 is 15.8 Å². The highest BCUT2D eigenvalue weighted by molar-refractivity contribution is 7.89.